The summed E-state index contributed by atoms with van der Waals surface area (Å²) < 4.78 is 12.5. The van der Waals surface area contributed by atoms with Crippen LogP contribution in [-0.2, 0) is 6.54 Å². The topological polar surface area (TPSA) is 90.4 Å². The lowest BCUT2D eigenvalue weighted by molar-refractivity contribution is 0.341. The fourth-order valence-corrected chi connectivity index (χ4v) is 3.26. The Balaban J connectivity index is 1.91. The lowest BCUT2D eigenvalue weighted by atomic mass is 10.1. The van der Waals surface area contributed by atoms with Crippen LogP contribution in [0.15, 0.2) is 70.5 Å². The van der Waals surface area contributed by atoms with Gasteiger partial charge in [-0.1, -0.05) is 35.5 Å². The highest BCUT2D eigenvalue weighted by Crippen LogP contribution is 2.34. The largest absolute Gasteiger partial charge is 0.506 e. The Labute approximate surface area is 166 Å². The molecule has 0 aliphatic rings. The second kappa shape index (κ2) is 7.63. The third kappa shape index (κ3) is 3.16. The average molecular weight is 389 g/mol. The van der Waals surface area contributed by atoms with E-state index < -0.39 is 5.56 Å². The van der Waals surface area contributed by atoms with Gasteiger partial charge >= 0.3 is 0 Å². The van der Waals surface area contributed by atoms with Crippen molar-refractivity contribution in [2.75, 3.05) is 6.61 Å². The van der Waals surface area contributed by atoms with Gasteiger partial charge in [-0.25, -0.2) is 0 Å². The number of pyridine rings is 1. The van der Waals surface area contributed by atoms with E-state index in [-0.39, 0.29) is 29.6 Å². The van der Waals surface area contributed by atoms with E-state index in [4.69, 9.17) is 9.26 Å². The minimum absolute atomic E-state index is 0.0433. The summed E-state index contributed by atoms with van der Waals surface area (Å²) in [7, 11) is 0. The van der Waals surface area contributed by atoms with Crippen molar-refractivity contribution in [3.05, 3.63) is 71.5 Å². The molecule has 0 saturated heterocycles. The first-order valence-corrected chi connectivity index (χ1v) is 9.17. The van der Waals surface area contributed by atoms with Gasteiger partial charge in [-0.05, 0) is 31.2 Å². The number of hydrogen-bond acceptors (Lipinski definition) is 6. The quantitative estimate of drug-likeness (QED) is 0.501. The van der Waals surface area contributed by atoms with Crippen LogP contribution in [0.5, 0.6) is 11.5 Å². The van der Waals surface area contributed by atoms with Gasteiger partial charge in [0.2, 0.25) is 5.82 Å². The molecule has 2 aromatic heterocycles. The van der Waals surface area contributed by atoms with Gasteiger partial charge in [-0.15, -0.1) is 6.58 Å². The molecular weight excluding hydrogens is 370 g/mol. The van der Waals surface area contributed by atoms with Crippen LogP contribution in [0.25, 0.3) is 33.7 Å². The molecule has 29 heavy (non-hydrogen) atoms. The average Bonchev–Trinajstić information content (AvgIpc) is 3.21. The van der Waals surface area contributed by atoms with Crippen molar-refractivity contribution in [2.24, 2.45) is 0 Å². The molecule has 4 aromatic rings. The summed E-state index contributed by atoms with van der Waals surface area (Å²) in [5, 5.41) is 15.3. The van der Waals surface area contributed by atoms with Crippen molar-refractivity contribution >= 4 is 10.9 Å². The summed E-state index contributed by atoms with van der Waals surface area (Å²) in [6.07, 6.45) is 1.62. The molecule has 2 heterocycles. The molecule has 1 N–H and O–H groups in total. The number of allylic oxidation sites excluding steroid dienone is 1. The molecule has 0 saturated carbocycles. The van der Waals surface area contributed by atoms with Crippen LogP contribution in [0.2, 0.25) is 0 Å². The molecule has 4 rings (SSSR count). The molecule has 2 aromatic carbocycles. The Hall–Kier alpha value is -3.87. The zero-order valence-electron chi connectivity index (χ0n) is 15.8. The summed E-state index contributed by atoms with van der Waals surface area (Å²) in [6, 6.07) is 14.4. The number of hydrogen-bond donors (Lipinski definition) is 1. The van der Waals surface area contributed by atoms with E-state index in [0.717, 1.165) is 0 Å². The van der Waals surface area contributed by atoms with Crippen LogP contribution in [0, 0.1) is 0 Å². The van der Waals surface area contributed by atoms with Crippen LogP contribution in [0.3, 0.4) is 0 Å². The zero-order chi connectivity index (χ0) is 20.4. The van der Waals surface area contributed by atoms with Gasteiger partial charge in [-0.2, -0.15) is 4.98 Å². The third-order valence-corrected chi connectivity index (χ3v) is 4.53. The summed E-state index contributed by atoms with van der Waals surface area (Å²) in [6.45, 7) is 6.36. The highest BCUT2D eigenvalue weighted by molar-refractivity contribution is 5.91. The molecule has 0 radical (unpaired) electrons. The highest BCUT2D eigenvalue weighted by atomic mass is 16.5. The molecule has 7 nitrogen and oxygen atoms in total. The Morgan fingerprint density at radius 3 is 2.76 bits per heavy atom. The van der Waals surface area contributed by atoms with Gasteiger partial charge in [0.05, 0.1) is 17.7 Å². The summed E-state index contributed by atoms with van der Waals surface area (Å²) in [5.74, 6) is 0.622. The van der Waals surface area contributed by atoms with Crippen molar-refractivity contribution in [2.45, 2.75) is 13.5 Å². The number of fused-ring (bicyclic) bond motifs is 1. The van der Waals surface area contributed by atoms with Gasteiger partial charge in [0.15, 0.2) is 0 Å². The van der Waals surface area contributed by atoms with Crippen molar-refractivity contribution in [1.29, 1.82) is 0 Å². The van der Waals surface area contributed by atoms with Crippen LogP contribution >= 0.6 is 0 Å². The molecule has 0 spiro atoms. The summed E-state index contributed by atoms with van der Waals surface area (Å²) in [4.78, 5) is 17.5. The first-order chi connectivity index (χ1) is 14.2. The molecule has 0 aliphatic carbocycles. The first kappa shape index (κ1) is 18.5. The van der Waals surface area contributed by atoms with Crippen molar-refractivity contribution in [1.82, 2.24) is 14.7 Å². The second-order valence-electron chi connectivity index (χ2n) is 6.30. The monoisotopic (exact) mass is 389 g/mol. The Morgan fingerprint density at radius 2 is 1.97 bits per heavy atom. The van der Waals surface area contributed by atoms with E-state index in [1.165, 1.54) is 4.57 Å². The minimum atomic E-state index is -0.436. The number of aromatic hydroxyl groups is 1. The molecule has 146 valence electrons. The van der Waals surface area contributed by atoms with Crippen LogP contribution in [0.1, 0.15) is 6.92 Å². The number of aromatic nitrogens is 3. The van der Waals surface area contributed by atoms with E-state index in [1.807, 2.05) is 19.1 Å². The number of rotatable bonds is 6. The van der Waals surface area contributed by atoms with Gasteiger partial charge < -0.3 is 18.9 Å². The van der Waals surface area contributed by atoms with E-state index in [1.54, 1.807) is 42.5 Å². The van der Waals surface area contributed by atoms with Gasteiger partial charge in [0, 0.05) is 11.9 Å². The van der Waals surface area contributed by atoms with Gasteiger partial charge in [0.1, 0.15) is 17.1 Å². The van der Waals surface area contributed by atoms with E-state index in [2.05, 4.69) is 16.7 Å². The SMILES string of the molecule is C=CCn1c(=O)c(-c2nc(-c3ccccc3OCC)no2)c(O)c2ccccc21. The van der Waals surface area contributed by atoms with Crippen molar-refractivity contribution in [3.63, 3.8) is 0 Å². The Morgan fingerprint density at radius 1 is 1.21 bits per heavy atom. The number of ether oxygens (including phenoxy) is 1. The standard InChI is InChI=1S/C22H19N3O4/c1-3-13-25-16-11-7-5-9-14(16)19(26)18(22(25)27)21-23-20(24-29-21)15-10-6-8-12-17(15)28-4-2/h3,5-12,26H,1,4,13H2,2H3. The van der Waals surface area contributed by atoms with Gasteiger partial charge in [0.25, 0.3) is 11.4 Å². The smallest absolute Gasteiger partial charge is 0.268 e. The maximum Gasteiger partial charge on any atom is 0.268 e. The molecule has 0 unspecified atom stereocenters. The molecule has 0 atom stereocenters. The van der Waals surface area contributed by atoms with Gasteiger partial charge in [-0.3, -0.25) is 4.79 Å². The fourth-order valence-electron chi connectivity index (χ4n) is 3.26. The zero-order valence-corrected chi connectivity index (χ0v) is 15.8. The van der Waals surface area contributed by atoms with E-state index in [9.17, 15) is 9.90 Å². The Bertz CT molecular complexity index is 1260. The number of para-hydroxylation sites is 2. The molecule has 0 fully saturated rings. The van der Waals surface area contributed by atoms with Crippen molar-refractivity contribution < 1.29 is 14.4 Å². The number of benzene rings is 2. The highest BCUT2D eigenvalue weighted by Gasteiger charge is 2.23. The molecule has 0 aliphatic heterocycles. The lowest BCUT2D eigenvalue weighted by Gasteiger charge is -2.11. The minimum Gasteiger partial charge on any atom is -0.506 e. The first-order valence-electron chi connectivity index (χ1n) is 9.17. The normalized spacial score (nSPS) is 10.9. The third-order valence-electron chi connectivity index (χ3n) is 4.53. The predicted molar refractivity (Wildman–Crippen MR) is 110 cm³/mol. The maximum atomic E-state index is 13.1. The van der Waals surface area contributed by atoms with Crippen molar-refractivity contribution in [3.8, 4) is 34.3 Å². The number of nitrogens with zero attached hydrogens (tertiary/aromatic N) is 3. The fraction of sp³-hybridized carbons (Fsp3) is 0.136. The lowest BCUT2D eigenvalue weighted by Crippen LogP contribution is -2.22. The summed E-state index contributed by atoms with van der Waals surface area (Å²) in [5.41, 5.74) is 0.753. The molecule has 7 heteroatoms. The Kier molecular flexibility index (Phi) is 4.87. The van der Waals surface area contributed by atoms with E-state index in [0.29, 0.717) is 28.8 Å². The molecule has 0 amide bonds. The van der Waals surface area contributed by atoms with Crippen LogP contribution in [0.4, 0.5) is 0 Å². The van der Waals surface area contributed by atoms with Crippen LogP contribution < -0.4 is 10.3 Å². The van der Waals surface area contributed by atoms with Crippen LogP contribution in [-0.4, -0.2) is 26.4 Å². The van der Waals surface area contributed by atoms with E-state index >= 15 is 0 Å². The predicted octanol–water partition coefficient (Wildman–Crippen LogP) is 4.01. The summed E-state index contributed by atoms with van der Waals surface area (Å²) >= 11 is 0. The maximum absolute atomic E-state index is 13.1. The molecular formula is C22H19N3O4. The molecule has 0 bridgehead atoms. The second-order valence-corrected chi connectivity index (χ2v) is 6.30.